The molecular formula is C14H18ClF3N2O. The largest absolute Gasteiger partial charge is 0.416 e. The van der Waals surface area contributed by atoms with Crippen LogP contribution in [0.15, 0.2) is 18.2 Å². The van der Waals surface area contributed by atoms with Gasteiger partial charge in [0.2, 0.25) is 0 Å². The van der Waals surface area contributed by atoms with Gasteiger partial charge in [0.25, 0.3) is 0 Å². The molecule has 1 fully saturated rings. The van der Waals surface area contributed by atoms with E-state index >= 15 is 0 Å². The summed E-state index contributed by atoms with van der Waals surface area (Å²) in [4.78, 5) is 0. The summed E-state index contributed by atoms with van der Waals surface area (Å²) >= 11 is 5.77. The summed E-state index contributed by atoms with van der Waals surface area (Å²) in [5.74, 6) is 0. The van der Waals surface area contributed by atoms with E-state index in [1.807, 2.05) is 6.92 Å². The van der Waals surface area contributed by atoms with E-state index in [4.69, 9.17) is 22.1 Å². The standard InChI is InChI=1S/C14H18ClF3N2O/c1-2-21-12-6-13(7-12,8-19)20-11-4-9(14(16,17)18)3-10(15)5-11/h3-5,12,20H,2,6-8,19H2,1H3. The van der Waals surface area contributed by atoms with E-state index in [0.717, 1.165) is 12.1 Å². The van der Waals surface area contributed by atoms with E-state index in [1.54, 1.807) is 0 Å². The fraction of sp³-hybridized carbons (Fsp3) is 0.571. The molecule has 0 aliphatic heterocycles. The number of halogens is 4. The lowest BCUT2D eigenvalue weighted by Gasteiger charge is -2.47. The Balaban J connectivity index is 2.14. The number of nitrogens with one attached hydrogen (secondary N) is 1. The molecule has 2 rings (SSSR count). The van der Waals surface area contributed by atoms with Crippen molar-refractivity contribution in [2.45, 2.75) is 37.6 Å². The first-order valence-corrected chi connectivity index (χ1v) is 7.13. The molecule has 1 saturated carbocycles. The van der Waals surface area contributed by atoms with Gasteiger partial charge in [-0.05, 0) is 38.0 Å². The number of hydrogen-bond acceptors (Lipinski definition) is 3. The van der Waals surface area contributed by atoms with Crippen molar-refractivity contribution in [2.24, 2.45) is 5.73 Å². The van der Waals surface area contributed by atoms with Crippen LogP contribution in [0.5, 0.6) is 0 Å². The molecule has 0 bridgehead atoms. The molecule has 1 aromatic rings. The van der Waals surface area contributed by atoms with Crippen LogP contribution in [-0.2, 0) is 10.9 Å². The van der Waals surface area contributed by atoms with E-state index in [1.165, 1.54) is 6.07 Å². The number of anilines is 1. The highest BCUT2D eigenvalue weighted by molar-refractivity contribution is 6.30. The van der Waals surface area contributed by atoms with E-state index in [2.05, 4.69) is 5.32 Å². The van der Waals surface area contributed by atoms with Crippen LogP contribution in [0, 0.1) is 0 Å². The van der Waals surface area contributed by atoms with Crippen molar-refractivity contribution in [1.29, 1.82) is 0 Å². The predicted molar refractivity (Wildman–Crippen MR) is 76.5 cm³/mol. The van der Waals surface area contributed by atoms with Crippen LogP contribution in [0.1, 0.15) is 25.3 Å². The lowest BCUT2D eigenvalue weighted by molar-refractivity contribution is -0.137. The average Bonchev–Trinajstić information content (AvgIpc) is 2.34. The number of alkyl halides is 3. The first-order chi connectivity index (χ1) is 9.78. The van der Waals surface area contributed by atoms with Crippen LogP contribution >= 0.6 is 11.6 Å². The van der Waals surface area contributed by atoms with Gasteiger partial charge in [-0.3, -0.25) is 0 Å². The molecule has 118 valence electrons. The van der Waals surface area contributed by atoms with Gasteiger partial charge in [0.05, 0.1) is 17.2 Å². The van der Waals surface area contributed by atoms with Crippen molar-refractivity contribution in [1.82, 2.24) is 0 Å². The molecule has 0 heterocycles. The van der Waals surface area contributed by atoms with Crippen LogP contribution in [0.2, 0.25) is 5.02 Å². The van der Waals surface area contributed by atoms with Crippen molar-refractivity contribution in [3.63, 3.8) is 0 Å². The zero-order chi connectivity index (χ0) is 15.7. The minimum absolute atomic E-state index is 0.0418. The fourth-order valence-electron chi connectivity index (χ4n) is 2.62. The maximum atomic E-state index is 12.8. The summed E-state index contributed by atoms with van der Waals surface area (Å²) in [7, 11) is 0. The van der Waals surface area contributed by atoms with Crippen LogP contribution in [0.3, 0.4) is 0 Å². The van der Waals surface area contributed by atoms with Gasteiger partial charge in [-0.1, -0.05) is 11.6 Å². The van der Waals surface area contributed by atoms with Crippen molar-refractivity contribution in [3.05, 3.63) is 28.8 Å². The number of nitrogens with two attached hydrogens (primary N) is 1. The molecule has 3 N–H and O–H groups in total. The third-order valence-electron chi connectivity index (χ3n) is 3.66. The van der Waals surface area contributed by atoms with Gasteiger partial charge in [0.15, 0.2) is 0 Å². The Bertz CT molecular complexity index is 501. The van der Waals surface area contributed by atoms with E-state index in [9.17, 15) is 13.2 Å². The Morgan fingerprint density at radius 2 is 2.05 bits per heavy atom. The molecule has 7 heteroatoms. The van der Waals surface area contributed by atoms with Gasteiger partial charge < -0.3 is 15.8 Å². The molecule has 1 aromatic carbocycles. The van der Waals surface area contributed by atoms with Gasteiger partial charge >= 0.3 is 6.18 Å². The van der Waals surface area contributed by atoms with Gasteiger partial charge in [-0.15, -0.1) is 0 Å². The quantitative estimate of drug-likeness (QED) is 0.869. The normalized spacial score (nSPS) is 25.5. The lowest BCUT2D eigenvalue weighted by atomic mass is 9.74. The van der Waals surface area contributed by atoms with E-state index < -0.39 is 17.3 Å². The molecule has 0 radical (unpaired) electrons. The summed E-state index contributed by atoms with van der Waals surface area (Å²) < 4.78 is 43.8. The second kappa shape index (κ2) is 6.02. The molecule has 3 nitrogen and oxygen atoms in total. The molecule has 21 heavy (non-hydrogen) atoms. The summed E-state index contributed by atoms with van der Waals surface area (Å²) in [5, 5.41) is 3.14. The van der Waals surface area contributed by atoms with Gasteiger partial charge in [-0.25, -0.2) is 0 Å². The zero-order valence-electron chi connectivity index (χ0n) is 11.6. The van der Waals surface area contributed by atoms with Crippen LogP contribution in [0.4, 0.5) is 18.9 Å². The monoisotopic (exact) mass is 322 g/mol. The van der Waals surface area contributed by atoms with E-state index in [-0.39, 0.29) is 11.1 Å². The fourth-order valence-corrected chi connectivity index (χ4v) is 2.85. The number of ether oxygens (including phenoxy) is 1. The Hall–Kier alpha value is -0.980. The molecule has 1 aliphatic carbocycles. The first-order valence-electron chi connectivity index (χ1n) is 6.75. The molecule has 0 aromatic heterocycles. The van der Waals surface area contributed by atoms with Crippen molar-refractivity contribution in [2.75, 3.05) is 18.5 Å². The van der Waals surface area contributed by atoms with Crippen molar-refractivity contribution < 1.29 is 17.9 Å². The Morgan fingerprint density at radius 3 is 2.57 bits per heavy atom. The third-order valence-corrected chi connectivity index (χ3v) is 3.88. The SMILES string of the molecule is CCOC1CC(CN)(Nc2cc(Cl)cc(C(F)(F)F)c2)C1. The van der Waals surface area contributed by atoms with Gasteiger partial charge in [0, 0.05) is 23.9 Å². The molecule has 0 amide bonds. The summed E-state index contributed by atoms with van der Waals surface area (Å²) in [6, 6.07) is 3.44. The van der Waals surface area contributed by atoms with Crippen LogP contribution in [-0.4, -0.2) is 24.8 Å². The maximum absolute atomic E-state index is 12.8. The van der Waals surface area contributed by atoms with E-state index in [0.29, 0.717) is 31.7 Å². The Morgan fingerprint density at radius 1 is 1.38 bits per heavy atom. The van der Waals surface area contributed by atoms with Gasteiger partial charge in [0.1, 0.15) is 0 Å². The number of benzene rings is 1. The molecular weight excluding hydrogens is 305 g/mol. The highest BCUT2D eigenvalue weighted by atomic mass is 35.5. The lowest BCUT2D eigenvalue weighted by Crippen LogP contribution is -2.58. The summed E-state index contributed by atoms with van der Waals surface area (Å²) in [6.07, 6.45) is -2.98. The molecule has 0 spiro atoms. The highest BCUT2D eigenvalue weighted by Crippen LogP contribution is 2.39. The van der Waals surface area contributed by atoms with Gasteiger partial charge in [-0.2, -0.15) is 13.2 Å². The molecule has 1 aliphatic rings. The Labute approximate surface area is 126 Å². The average molecular weight is 323 g/mol. The number of rotatable bonds is 5. The first kappa shape index (κ1) is 16.4. The highest BCUT2D eigenvalue weighted by Gasteiger charge is 2.44. The summed E-state index contributed by atoms with van der Waals surface area (Å²) in [5.41, 5.74) is 4.90. The number of hydrogen-bond donors (Lipinski definition) is 2. The molecule has 0 saturated heterocycles. The van der Waals surface area contributed by atoms with Crippen LogP contribution in [0.25, 0.3) is 0 Å². The maximum Gasteiger partial charge on any atom is 0.416 e. The zero-order valence-corrected chi connectivity index (χ0v) is 12.4. The third kappa shape index (κ3) is 3.81. The van der Waals surface area contributed by atoms with Crippen molar-refractivity contribution in [3.8, 4) is 0 Å². The smallest absolute Gasteiger partial charge is 0.378 e. The molecule has 0 unspecified atom stereocenters. The summed E-state index contributed by atoms with van der Waals surface area (Å²) in [6.45, 7) is 2.84. The predicted octanol–water partition coefficient (Wildman–Crippen LogP) is 3.67. The van der Waals surface area contributed by atoms with Crippen LogP contribution < -0.4 is 11.1 Å². The minimum Gasteiger partial charge on any atom is -0.378 e. The Kier molecular flexibility index (Phi) is 4.70. The second-order valence-electron chi connectivity index (χ2n) is 5.32. The topological polar surface area (TPSA) is 47.3 Å². The minimum atomic E-state index is -4.43. The molecule has 0 atom stereocenters. The second-order valence-corrected chi connectivity index (χ2v) is 5.76. The van der Waals surface area contributed by atoms with Crippen molar-refractivity contribution >= 4 is 17.3 Å².